The van der Waals surface area contributed by atoms with Crippen molar-refractivity contribution in [2.45, 2.75) is 6.54 Å². The van der Waals surface area contributed by atoms with Crippen LogP contribution in [0.1, 0.15) is 16.1 Å². The number of carbonyl (C=O) groups is 1. The van der Waals surface area contributed by atoms with Gasteiger partial charge in [0.1, 0.15) is 17.3 Å². The van der Waals surface area contributed by atoms with Crippen molar-refractivity contribution in [2.75, 3.05) is 5.73 Å². The van der Waals surface area contributed by atoms with Gasteiger partial charge in [-0.2, -0.15) is 0 Å². The number of nitrogens with one attached hydrogen (secondary N) is 1. The lowest BCUT2D eigenvalue weighted by Crippen LogP contribution is -2.23. The Balaban J connectivity index is 2.09. The number of nitrogens with two attached hydrogens (primary N) is 1. The summed E-state index contributed by atoms with van der Waals surface area (Å²) in [6.45, 7) is 0.204. The molecule has 0 aliphatic rings. The largest absolute Gasteiger partial charge is 0.394 e. The molecule has 0 fully saturated rings. The molecule has 0 aliphatic heterocycles. The number of thiazole rings is 1. The fourth-order valence-corrected chi connectivity index (χ4v) is 1.87. The minimum atomic E-state index is -0.950. The molecule has 0 unspecified atom stereocenters. The zero-order valence-corrected chi connectivity index (χ0v) is 9.93. The van der Waals surface area contributed by atoms with Crippen LogP contribution in [0.4, 0.5) is 14.5 Å². The maximum atomic E-state index is 13.2. The average Bonchev–Trinajstić information content (AvgIpc) is 2.85. The van der Waals surface area contributed by atoms with Crippen molar-refractivity contribution < 1.29 is 13.6 Å². The summed E-state index contributed by atoms with van der Waals surface area (Å²) in [5, 5.41) is 4.27. The van der Waals surface area contributed by atoms with E-state index in [9.17, 15) is 13.6 Å². The van der Waals surface area contributed by atoms with Crippen LogP contribution in [0.25, 0.3) is 0 Å². The normalized spacial score (nSPS) is 10.3. The number of anilines is 1. The molecular formula is C11H9F2N3OS. The highest BCUT2D eigenvalue weighted by Crippen LogP contribution is 2.17. The Morgan fingerprint density at radius 3 is 2.61 bits per heavy atom. The smallest absolute Gasteiger partial charge is 0.251 e. The van der Waals surface area contributed by atoms with E-state index in [0.717, 1.165) is 12.1 Å². The quantitative estimate of drug-likeness (QED) is 0.837. The summed E-state index contributed by atoms with van der Waals surface area (Å²) in [5.74, 6) is -2.48. The van der Waals surface area contributed by atoms with E-state index in [1.165, 1.54) is 11.3 Å². The molecule has 0 radical (unpaired) electrons. The van der Waals surface area contributed by atoms with E-state index >= 15 is 0 Å². The van der Waals surface area contributed by atoms with Crippen molar-refractivity contribution in [1.29, 1.82) is 0 Å². The first-order chi connectivity index (χ1) is 8.58. The summed E-state index contributed by atoms with van der Waals surface area (Å²) >= 11 is 1.39. The highest BCUT2D eigenvalue weighted by atomic mass is 32.1. The Labute approximate surface area is 105 Å². The van der Waals surface area contributed by atoms with Crippen LogP contribution in [-0.2, 0) is 6.54 Å². The number of benzene rings is 1. The van der Waals surface area contributed by atoms with Gasteiger partial charge in [0, 0.05) is 10.9 Å². The number of carbonyl (C=O) groups excluding carboxylic acids is 1. The van der Waals surface area contributed by atoms with Crippen LogP contribution in [0.2, 0.25) is 0 Å². The number of nitrogens with zero attached hydrogens (tertiary/aromatic N) is 1. The van der Waals surface area contributed by atoms with Gasteiger partial charge in [-0.15, -0.1) is 11.3 Å². The first-order valence-electron chi connectivity index (χ1n) is 4.97. The minimum absolute atomic E-state index is 0.116. The zero-order valence-electron chi connectivity index (χ0n) is 9.11. The molecule has 2 rings (SSSR count). The maximum absolute atomic E-state index is 13.2. The van der Waals surface area contributed by atoms with Gasteiger partial charge in [-0.3, -0.25) is 4.79 Å². The van der Waals surface area contributed by atoms with E-state index in [4.69, 9.17) is 5.73 Å². The van der Waals surface area contributed by atoms with Gasteiger partial charge in [0.05, 0.1) is 17.7 Å². The summed E-state index contributed by atoms with van der Waals surface area (Å²) in [4.78, 5) is 15.6. The van der Waals surface area contributed by atoms with Crippen LogP contribution >= 0.6 is 11.3 Å². The van der Waals surface area contributed by atoms with Crippen LogP contribution in [-0.4, -0.2) is 10.9 Å². The van der Waals surface area contributed by atoms with Gasteiger partial charge in [0.2, 0.25) is 0 Å². The zero-order chi connectivity index (χ0) is 13.1. The fraction of sp³-hybridized carbons (Fsp3) is 0.0909. The summed E-state index contributed by atoms with van der Waals surface area (Å²) in [6.07, 6.45) is 0. The van der Waals surface area contributed by atoms with Gasteiger partial charge >= 0.3 is 0 Å². The Hall–Kier alpha value is -2.02. The van der Waals surface area contributed by atoms with Crippen LogP contribution in [0.5, 0.6) is 0 Å². The molecule has 0 spiro atoms. The second-order valence-electron chi connectivity index (χ2n) is 3.52. The molecule has 0 bridgehead atoms. The van der Waals surface area contributed by atoms with Gasteiger partial charge in [-0.25, -0.2) is 13.8 Å². The highest BCUT2D eigenvalue weighted by molar-refractivity contribution is 7.07. The van der Waals surface area contributed by atoms with Gasteiger partial charge < -0.3 is 11.1 Å². The Morgan fingerprint density at radius 1 is 1.39 bits per heavy atom. The second-order valence-corrected chi connectivity index (χ2v) is 4.23. The molecule has 1 aromatic carbocycles. The SMILES string of the molecule is Nc1c(F)cc(C(=O)NCc2cscn2)cc1F. The molecule has 1 heterocycles. The lowest BCUT2D eigenvalue weighted by molar-refractivity contribution is 0.0949. The summed E-state index contributed by atoms with van der Waals surface area (Å²) in [7, 11) is 0. The van der Waals surface area contributed by atoms with Crippen molar-refractivity contribution >= 4 is 22.9 Å². The number of amides is 1. The van der Waals surface area contributed by atoms with E-state index in [2.05, 4.69) is 10.3 Å². The van der Waals surface area contributed by atoms with E-state index < -0.39 is 23.2 Å². The first-order valence-corrected chi connectivity index (χ1v) is 5.92. The molecular weight excluding hydrogens is 260 g/mol. The molecule has 0 aliphatic carbocycles. The number of hydrogen-bond donors (Lipinski definition) is 2. The summed E-state index contributed by atoms with van der Waals surface area (Å²) in [6, 6.07) is 1.80. The van der Waals surface area contributed by atoms with Crippen molar-refractivity contribution in [3.05, 3.63) is 45.9 Å². The molecule has 94 valence electrons. The lowest BCUT2D eigenvalue weighted by atomic mass is 10.1. The molecule has 0 saturated heterocycles. The lowest BCUT2D eigenvalue weighted by Gasteiger charge is -2.05. The standard InChI is InChI=1S/C11H9F2N3OS/c12-8-1-6(2-9(13)10(8)14)11(17)15-3-7-4-18-5-16-7/h1-2,4-5H,3,14H2,(H,15,17). The average molecular weight is 269 g/mol. The van der Waals surface area contributed by atoms with Crippen LogP contribution in [0, 0.1) is 11.6 Å². The maximum Gasteiger partial charge on any atom is 0.251 e. The Kier molecular flexibility index (Phi) is 3.52. The van der Waals surface area contributed by atoms with Crippen LogP contribution < -0.4 is 11.1 Å². The van der Waals surface area contributed by atoms with E-state index in [1.807, 2.05) is 0 Å². The van der Waals surface area contributed by atoms with Gasteiger partial charge in [-0.1, -0.05) is 0 Å². The number of aromatic nitrogens is 1. The Morgan fingerprint density at radius 2 is 2.06 bits per heavy atom. The minimum Gasteiger partial charge on any atom is -0.394 e. The monoisotopic (exact) mass is 269 g/mol. The number of nitrogen functional groups attached to an aromatic ring is 1. The second kappa shape index (κ2) is 5.09. The summed E-state index contributed by atoms with van der Waals surface area (Å²) < 4.78 is 26.3. The van der Waals surface area contributed by atoms with Crippen molar-refractivity contribution in [1.82, 2.24) is 10.3 Å². The third-order valence-electron chi connectivity index (χ3n) is 2.25. The predicted molar refractivity (Wildman–Crippen MR) is 64.1 cm³/mol. The molecule has 2 aromatic rings. The van der Waals surface area contributed by atoms with Crippen LogP contribution in [0.3, 0.4) is 0 Å². The molecule has 3 N–H and O–H groups in total. The van der Waals surface area contributed by atoms with Gasteiger partial charge in [0.25, 0.3) is 5.91 Å². The van der Waals surface area contributed by atoms with Crippen LogP contribution in [0.15, 0.2) is 23.0 Å². The molecule has 1 aromatic heterocycles. The molecule has 7 heteroatoms. The van der Waals surface area contributed by atoms with E-state index in [-0.39, 0.29) is 12.1 Å². The molecule has 1 amide bonds. The third kappa shape index (κ3) is 2.62. The first kappa shape index (κ1) is 12.4. The number of halogens is 2. The van der Waals surface area contributed by atoms with E-state index in [0.29, 0.717) is 5.69 Å². The fourth-order valence-electron chi connectivity index (χ4n) is 1.31. The summed E-state index contributed by atoms with van der Waals surface area (Å²) in [5.41, 5.74) is 6.72. The molecule has 0 saturated carbocycles. The van der Waals surface area contributed by atoms with Gasteiger partial charge in [-0.05, 0) is 12.1 Å². The van der Waals surface area contributed by atoms with Gasteiger partial charge in [0.15, 0.2) is 0 Å². The molecule has 0 atom stereocenters. The third-order valence-corrected chi connectivity index (χ3v) is 2.89. The molecule has 4 nitrogen and oxygen atoms in total. The number of rotatable bonds is 3. The van der Waals surface area contributed by atoms with Crippen molar-refractivity contribution in [3.8, 4) is 0 Å². The van der Waals surface area contributed by atoms with E-state index in [1.54, 1.807) is 10.9 Å². The van der Waals surface area contributed by atoms with Crippen molar-refractivity contribution in [3.63, 3.8) is 0 Å². The number of hydrogen-bond acceptors (Lipinski definition) is 4. The highest BCUT2D eigenvalue weighted by Gasteiger charge is 2.13. The Bertz CT molecular complexity index is 549. The topological polar surface area (TPSA) is 68.0 Å². The van der Waals surface area contributed by atoms with Crippen molar-refractivity contribution in [2.24, 2.45) is 0 Å². The molecule has 18 heavy (non-hydrogen) atoms. The predicted octanol–water partition coefficient (Wildman–Crippen LogP) is 1.93.